The number of aromatic nitrogens is 5. The van der Waals surface area contributed by atoms with Gasteiger partial charge in [0.2, 0.25) is 17.8 Å². The molecular formula is C24H30N7O+. The minimum absolute atomic E-state index is 0.684. The van der Waals surface area contributed by atoms with Crippen LogP contribution in [0.5, 0.6) is 0 Å². The van der Waals surface area contributed by atoms with Gasteiger partial charge in [-0.1, -0.05) is 0 Å². The van der Waals surface area contributed by atoms with Crippen molar-refractivity contribution in [1.82, 2.24) is 24.5 Å². The molecule has 0 bridgehead atoms. The zero-order valence-electron chi connectivity index (χ0n) is 18.8. The summed E-state index contributed by atoms with van der Waals surface area (Å²) in [6, 6.07) is 7.19. The molecule has 6 rings (SSSR count). The number of ether oxygens (including phenoxy) is 1. The van der Waals surface area contributed by atoms with Gasteiger partial charge in [-0.2, -0.15) is 4.57 Å². The van der Waals surface area contributed by atoms with Gasteiger partial charge in [-0.05, 0) is 49.5 Å². The zero-order valence-corrected chi connectivity index (χ0v) is 18.8. The summed E-state index contributed by atoms with van der Waals surface area (Å²) in [5, 5.41) is 5.70. The number of fused-ring (bicyclic) bond motifs is 2. The smallest absolute Gasteiger partial charge is 0.243 e. The van der Waals surface area contributed by atoms with Crippen LogP contribution in [0.15, 0.2) is 36.9 Å². The molecule has 0 radical (unpaired) electrons. The van der Waals surface area contributed by atoms with Crippen LogP contribution < -0.4 is 9.47 Å². The lowest BCUT2D eigenvalue weighted by molar-refractivity contribution is -0.572. The summed E-state index contributed by atoms with van der Waals surface area (Å²) in [6.07, 6.45) is 8.17. The minimum atomic E-state index is 0.684. The molecular weight excluding hydrogens is 402 g/mol. The lowest BCUT2D eigenvalue weighted by atomic mass is 10.1. The van der Waals surface area contributed by atoms with E-state index in [1.165, 1.54) is 16.5 Å². The van der Waals surface area contributed by atoms with Gasteiger partial charge in [0.1, 0.15) is 11.3 Å². The number of nitrogens with one attached hydrogen (secondary N) is 1. The Bertz CT molecular complexity index is 1260. The van der Waals surface area contributed by atoms with Crippen molar-refractivity contribution in [2.45, 2.75) is 32.7 Å². The Balaban J connectivity index is 1.25. The molecule has 0 unspecified atom stereocenters. The molecule has 6 heterocycles. The molecule has 2 fully saturated rings. The van der Waals surface area contributed by atoms with Crippen LogP contribution in [-0.2, 0) is 4.74 Å². The second kappa shape index (κ2) is 7.86. The van der Waals surface area contributed by atoms with Crippen LogP contribution in [0.2, 0.25) is 0 Å². The van der Waals surface area contributed by atoms with E-state index in [1.54, 1.807) is 0 Å². The molecule has 2 aliphatic heterocycles. The highest BCUT2D eigenvalue weighted by atomic mass is 16.5. The van der Waals surface area contributed by atoms with Crippen LogP contribution in [0.3, 0.4) is 0 Å². The molecule has 0 saturated carbocycles. The predicted molar refractivity (Wildman–Crippen MR) is 123 cm³/mol. The van der Waals surface area contributed by atoms with E-state index in [2.05, 4.69) is 56.5 Å². The van der Waals surface area contributed by atoms with E-state index >= 15 is 0 Å². The second-order valence-corrected chi connectivity index (χ2v) is 9.04. The fourth-order valence-corrected chi connectivity index (χ4v) is 5.12. The van der Waals surface area contributed by atoms with Crippen molar-refractivity contribution in [3.8, 4) is 5.82 Å². The highest BCUT2D eigenvalue weighted by Crippen LogP contribution is 2.24. The van der Waals surface area contributed by atoms with Crippen LogP contribution >= 0.6 is 0 Å². The fourth-order valence-electron chi connectivity index (χ4n) is 5.12. The summed E-state index contributed by atoms with van der Waals surface area (Å²) in [7, 11) is 0. The summed E-state index contributed by atoms with van der Waals surface area (Å²) >= 11 is 0. The lowest BCUT2D eigenvalue weighted by Crippen LogP contribution is -2.51. The largest absolute Gasteiger partial charge is 0.381 e. The molecule has 0 aromatic carbocycles. The molecule has 1 N–H and O–H groups in total. The first-order valence-electron chi connectivity index (χ1n) is 11.6. The SMILES string of the molecule is Cc1ccn2nc[n+](-c3cc4cc(N5CCN(C6CCOCC6)CC5)ncc4[nH]3)c2c1C. The highest BCUT2D eigenvalue weighted by Gasteiger charge is 2.26. The third-order valence-electron chi connectivity index (χ3n) is 7.21. The summed E-state index contributed by atoms with van der Waals surface area (Å²) in [5.41, 5.74) is 4.60. The number of H-pyrrole nitrogens is 1. The minimum Gasteiger partial charge on any atom is -0.381 e. The third kappa shape index (κ3) is 3.34. The van der Waals surface area contributed by atoms with Gasteiger partial charge in [0.25, 0.3) is 0 Å². The van der Waals surface area contributed by atoms with Crippen molar-refractivity contribution in [1.29, 1.82) is 0 Å². The maximum Gasteiger partial charge on any atom is 0.243 e. The van der Waals surface area contributed by atoms with Crippen LogP contribution in [0.25, 0.3) is 22.4 Å². The number of pyridine rings is 2. The molecule has 166 valence electrons. The average molecular weight is 433 g/mol. The van der Waals surface area contributed by atoms with E-state index in [4.69, 9.17) is 9.72 Å². The van der Waals surface area contributed by atoms with Crippen LogP contribution in [0.4, 0.5) is 5.82 Å². The summed E-state index contributed by atoms with van der Waals surface area (Å²) in [4.78, 5) is 13.4. The number of aryl methyl sites for hydroxylation is 2. The Labute approximate surface area is 187 Å². The van der Waals surface area contributed by atoms with Crippen molar-refractivity contribution in [2.24, 2.45) is 0 Å². The highest BCUT2D eigenvalue weighted by molar-refractivity contribution is 5.83. The molecule has 4 aromatic rings. The van der Waals surface area contributed by atoms with Gasteiger partial charge in [0, 0.05) is 62.5 Å². The van der Waals surface area contributed by atoms with E-state index in [-0.39, 0.29) is 0 Å². The Morgan fingerprint density at radius 3 is 2.72 bits per heavy atom. The standard InChI is InChI=1S/C24H30N7O/c1-17-3-6-31-24(18(17)2)30(16-26-31)23-14-19-13-22(25-15-21(19)27-23)29-9-7-28(8-10-29)20-4-11-32-12-5-20/h3,6,13-16,20,27H,4-5,7-12H2,1-2H3/q+1. The molecule has 32 heavy (non-hydrogen) atoms. The topological polar surface area (TPSA) is 65.6 Å². The zero-order chi connectivity index (χ0) is 21.7. The van der Waals surface area contributed by atoms with Crippen molar-refractivity contribution in [2.75, 3.05) is 44.3 Å². The first kappa shape index (κ1) is 19.7. The van der Waals surface area contributed by atoms with Gasteiger partial charge < -0.3 is 9.64 Å². The first-order valence-corrected chi connectivity index (χ1v) is 11.6. The molecule has 0 aliphatic carbocycles. The van der Waals surface area contributed by atoms with Gasteiger partial charge in [-0.3, -0.25) is 9.88 Å². The quantitative estimate of drug-likeness (QED) is 0.504. The van der Waals surface area contributed by atoms with E-state index in [0.717, 1.165) is 75.0 Å². The van der Waals surface area contributed by atoms with Gasteiger partial charge in [-0.15, -0.1) is 4.52 Å². The Morgan fingerprint density at radius 1 is 1.09 bits per heavy atom. The average Bonchev–Trinajstić information content (AvgIpc) is 3.46. The van der Waals surface area contributed by atoms with E-state index < -0.39 is 0 Å². The molecule has 2 saturated heterocycles. The monoisotopic (exact) mass is 432 g/mol. The summed E-state index contributed by atoms with van der Waals surface area (Å²) in [6.45, 7) is 10.3. The van der Waals surface area contributed by atoms with E-state index in [1.807, 2.05) is 23.2 Å². The Hall–Kier alpha value is -2.97. The summed E-state index contributed by atoms with van der Waals surface area (Å²) in [5.74, 6) is 2.07. The van der Waals surface area contributed by atoms with Crippen molar-refractivity contribution >= 4 is 22.4 Å². The first-order chi connectivity index (χ1) is 15.7. The van der Waals surface area contributed by atoms with Gasteiger partial charge >= 0.3 is 0 Å². The number of anilines is 1. The van der Waals surface area contributed by atoms with Crippen molar-refractivity contribution in [3.63, 3.8) is 0 Å². The molecule has 0 amide bonds. The van der Waals surface area contributed by atoms with Gasteiger partial charge in [0.15, 0.2) is 0 Å². The number of hydrogen-bond acceptors (Lipinski definition) is 5. The predicted octanol–water partition coefficient (Wildman–Crippen LogP) is 2.41. The number of aromatic amines is 1. The van der Waals surface area contributed by atoms with Gasteiger partial charge in [-0.25, -0.2) is 4.98 Å². The second-order valence-electron chi connectivity index (χ2n) is 9.04. The number of piperazine rings is 1. The van der Waals surface area contributed by atoms with Crippen LogP contribution in [0.1, 0.15) is 24.0 Å². The van der Waals surface area contributed by atoms with Crippen molar-refractivity contribution in [3.05, 3.63) is 48.0 Å². The molecule has 8 nitrogen and oxygen atoms in total. The number of rotatable bonds is 3. The molecule has 2 aliphatic rings. The number of hydrogen-bond donors (Lipinski definition) is 1. The fraction of sp³-hybridized carbons (Fsp3) is 0.458. The van der Waals surface area contributed by atoms with Crippen LogP contribution in [-0.4, -0.2) is 69.9 Å². The Kier molecular flexibility index (Phi) is 4.84. The lowest BCUT2D eigenvalue weighted by Gasteiger charge is -2.41. The Morgan fingerprint density at radius 2 is 1.91 bits per heavy atom. The normalized spacial score (nSPS) is 18.8. The van der Waals surface area contributed by atoms with Crippen LogP contribution in [0, 0.1) is 13.8 Å². The molecule has 8 heteroatoms. The third-order valence-corrected chi connectivity index (χ3v) is 7.21. The molecule has 4 aromatic heterocycles. The van der Waals surface area contributed by atoms with E-state index in [9.17, 15) is 0 Å². The number of nitrogens with zero attached hydrogens (tertiary/aromatic N) is 6. The molecule has 0 atom stereocenters. The molecule has 0 spiro atoms. The van der Waals surface area contributed by atoms with Crippen molar-refractivity contribution < 1.29 is 9.30 Å². The van der Waals surface area contributed by atoms with E-state index in [0.29, 0.717) is 6.04 Å². The maximum absolute atomic E-state index is 5.53. The van der Waals surface area contributed by atoms with Gasteiger partial charge in [0.05, 0.1) is 12.4 Å². The maximum atomic E-state index is 5.53. The summed E-state index contributed by atoms with van der Waals surface area (Å²) < 4.78 is 9.58.